The van der Waals surface area contributed by atoms with Crippen molar-refractivity contribution in [3.63, 3.8) is 0 Å². The molecule has 0 spiro atoms. The monoisotopic (exact) mass is 473 g/mol. The molecule has 4 rings (SSSR count). The largest absolute Gasteiger partial charge is 0.481 e. The van der Waals surface area contributed by atoms with Crippen molar-refractivity contribution < 1.29 is 24.2 Å². The maximum absolute atomic E-state index is 12.9. The lowest BCUT2D eigenvalue weighted by Crippen LogP contribution is -2.45. The summed E-state index contributed by atoms with van der Waals surface area (Å²) < 4.78 is 5.48. The minimum Gasteiger partial charge on any atom is -0.481 e. The number of carboxylic acid groups (broad SMARTS) is 1. The number of alkyl carbamates (subject to hydrolysis) is 1. The topological polar surface area (TPSA) is 108 Å². The fraction of sp³-hybridized carbons (Fsp3) is 0.222. The molecule has 0 aromatic heterocycles. The van der Waals surface area contributed by atoms with Gasteiger partial charge >= 0.3 is 12.1 Å². The quantitative estimate of drug-likeness (QED) is 0.455. The minimum atomic E-state index is -1.31. The van der Waals surface area contributed by atoms with Crippen LogP contribution in [0.4, 0.5) is 16.2 Å². The Morgan fingerprint density at radius 2 is 1.49 bits per heavy atom. The molecule has 1 aliphatic rings. The van der Waals surface area contributed by atoms with Crippen molar-refractivity contribution >= 4 is 29.3 Å². The highest BCUT2D eigenvalue weighted by atomic mass is 16.5. The Hall–Kier alpha value is -4.33. The smallest absolute Gasteiger partial charge is 0.407 e. The summed E-state index contributed by atoms with van der Waals surface area (Å²) in [4.78, 5) is 38.7. The maximum atomic E-state index is 12.9. The van der Waals surface area contributed by atoms with E-state index in [1.807, 2.05) is 79.7 Å². The Kier molecular flexibility index (Phi) is 7.01. The second-order valence-corrected chi connectivity index (χ2v) is 8.52. The number of hydrogen-bond acceptors (Lipinski definition) is 5. The van der Waals surface area contributed by atoms with E-state index in [9.17, 15) is 19.5 Å². The van der Waals surface area contributed by atoms with Crippen molar-refractivity contribution in [2.45, 2.75) is 18.4 Å². The average molecular weight is 474 g/mol. The van der Waals surface area contributed by atoms with Crippen molar-refractivity contribution in [3.05, 3.63) is 83.9 Å². The van der Waals surface area contributed by atoms with E-state index in [-0.39, 0.29) is 12.5 Å². The summed E-state index contributed by atoms with van der Waals surface area (Å²) >= 11 is 0. The van der Waals surface area contributed by atoms with Crippen molar-refractivity contribution in [2.24, 2.45) is 0 Å². The first-order chi connectivity index (χ1) is 16.8. The van der Waals surface area contributed by atoms with Crippen LogP contribution in [0.5, 0.6) is 0 Å². The Morgan fingerprint density at radius 3 is 2.09 bits per heavy atom. The molecule has 3 N–H and O–H groups in total. The van der Waals surface area contributed by atoms with Gasteiger partial charge in [0.1, 0.15) is 12.6 Å². The van der Waals surface area contributed by atoms with Gasteiger partial charge in [-0.25, -0.2) is 4.79 Å². The average Bonchev–Trinajstić information content (AvgIpc) is 3.16. The van der Waals surface area contributed by atoms with Crippen molar-refractivity contribution in [1.29, 1.82) is 0 Å². The molecule has 2 amide bonds. The second-order valence-electron chi connectivity index (χ2n) is 8.52. The lowest BCUT2D eigenvalue weighted by Gasteiger charge is -2.21. The molecule has 0 radical (unpaired) electrons. The summed E-state index contributed by atoms with van der Waals surface area (Å²) in [6.45, 7) is 0.0603. The summed E-state index contributed by atoms with van der Waals surface area (Å²) in [6, 6.07) is 21.7. The zero-order valence-corrected chi connectivity index (χ0v) is 19.5. The molecule has 180 valence electrons. The number of ether oxygens (including phenoxy) is 1. The van der Waals surface area contributed by atoms with E-state index < -0.39 is 30.4 Å². The first-order valence-corrected chi connectivity index (χ1v) is 11.3. The maximum Gasteiger partial charge on any atom is 0.407 e. The van der Waals surface area contributed by atoms with E-state index >= 15 is 0 Å². The van der Waals surface area contributed by atoms with Crippen LogP contribution < -0.4 is 15.5 Å². The fourth-order valence-electron chi connectivity index (χ4n) is 4.36. The van der Waals surface area contributed by atoms with Crippen LogP contribution in [0.3, 0.4) is 0 Å². The van der Waals surface area contributed by atoms with Crippen LogP contribution in [0.15, 0.2) is 72.8 Å². The van der Waals surface area contributed by atoms with E-state index in [0.29, 0.717) is 5.69 Å². The van der Waals surface area contributed by atoms with Crippen LogP contribution >= 0.6 is 0 Å². The molecule has 0 bridgehead atoms. The van der Waals surface area contributed by atoms with Crippen LogP contribution in [0.1, 0.15) is 23.5 Å². The highest BCUT2D eigenvalue weighted by Gasteiger charge is 2.30. The first-order valence-electron chi connectivity index (χ1n) is 11.3. The van der Waals surface area contributed by atoms with Gasteiger partial charge in [0.15, 0.2) is 0 Å². The van der Waals surface area contributed by atoms with Gasteiger partial charge in [-0.3, -0.25) is 9.59 Å². The predicted molar refractivity (Wildman–Crippen MR) is 134 cm³/mol. The third kappa shape index (κ3) is 5.27. The van der Waals surface area contributed by atoms with Gasteiger partial charge in [-0.05, 0) is 34.4 Å². The number of amides is 2. The molecule has 1 atom stereocenters. The van der Waals surface area contributed by atoms with Crippen LogP contribution in [-0.2, 0) is 14.3 Å². The number of benzene rings is 3. The summed E-state index contributed by atoms with van der Waals surface area (Å²) in [5.41, 5.74) is 5.56. The molecular weight excluding hydrogens is 446 g/mol. The second kappa shape index (κ2) is 10.3. The van der Waals surface area contributed by atoms with Gasteiger partial charge in [0.2, 0.25) is 5.91 Å². The molecule has 0 aliphatic heterocycles. The number of nitrogens with zero attached hydrogens (tertiary/aromatic N) is 1. The van der Waals surface area contributed by atoms with Crippen LogP contribution in [0, 0.1) is 0 Å². The summed E-state index contributed by atoms with van der Waals surface area (Å²) in [5.74, 6) is -2.01. The Balaban J connectivity index is 1.44. The zero-order chi connectivity index (χ0) is 24.9. The third-order valence-electron chi connectivity index (χ3n) is 5.97. The molecule has 3 aromatic carbocycles. The molecule has 1 unspecified atom stereocenters. The van der Waals surface area contributed by atoms with E-state index in [0.717, 1.165) is 27.9 Å². The highest BCUT2D eigenvalue weighted by Crippen LogP contribution is 2.44. The predicted octanol–water partition coefficient (Wildman–Crippen LogP) is 4.07. The van der Waals surface area contributed by atoms with Gasteiger partial charge in [-0.15, -0.1) is 0 Å². The third-order valence-corrected chi connectivity index (χ3v) is 5.97. The van der Waals surface area contributed by atoms with Gasteiger partial charge in [-0.2, -0.15) is 0 Å². The number of fused-ring (bicyclic) bond motifs is 3. The highest BCUT2D eigenvalue weighted by molar-refractivity contribution is 6.00. The molecule has 0 heterocycles. The molecule has 0 saturated carbocycles. The standard InChI is InChI=1S/C27H27N3O5/c1-30(2)24-14-8-7-13-22(24)28-26(33)23(15-25(31)32)29-27(34)35-16-21-19-11-5-3-9-17(19)18-10-4-6-12-20(18)21/h3-14,21,23H,15-16H2,1-2H3,(H,28,33)(H,29,34)(H,31,32). The van der Waals surface area contributed by atoms with Crippen molar-refractivity contribution in [3.8, 4) is 11.1 Å². The van der Waals surface area contributed by atoms with Gasteiger partial charge in [0.25, 0.3) is 0 Å². The first kappa shape index (κ1) is 23.8. The zero-order valence-electron chi connectivity index (χ0n) is 19.5. The van der Waals surface area contributed by atoms with Crippen molar-refractivity contribution in [1.82, 2.24) is 5.32 Å². The SMILES string of the molecule is CN(C)c1ccccc1NC(=O)C(CC(=O)O)NC(=O)OCC1c2ccccc2-c2ccccc21. The van der Waals surface area contributed by atoms with Crippen LogP contribution in [0.25, 0.3) is 11.1 Å². The molecule has 8 heteroatoms. The number of rotatable bonds is 8. The van der Waals surface area contributed by atoms with Gasteiger partial charge in [-0.1, -0.05) is 60.7 Å². The molecule has 8 nitrogen and oxygen atoms in total. The van der Waals surface area contributed by atoms with Crippen molar-refractivity contribution in [2.75, 3.05) is 30.9 Å². The van der Waals surface area contributed by atoms with Gasteiger partial charge in [0, 0.05) is 20.0 Å². The number of nitrogens with one attached hydrogen (secondary N) is 2. The summed E-state index contributed by atoms with van der Waals surface area (Å²) in [7, 11) is 3.66. The van der Waals surface area contributed by atoms with Crippen LogP contribution in [-0.4, -0.2) is 49.8 Å². The molecular formula is C27H27N3O5. The molecule has 35 heavy (non-hydrogen) atoms. The number of hydrogen-bond donors (Lipinski definition) is 3. The minimum absolute atomic E-state index is 0.0603. The summed E-state index contributed by atoms with van der Waals surface area (Å²) in [5, 5.41) is 14.4. The molecule has 3 aromatic rings. The van der Waals surface area contributed by atoms with E-state index in [1.54, 1.807) is 12.1 Å². The lowest BCUT2D eigenvalue weighted by molar-refractivity contribution is -0.139. The molecule has 0 fully saturated rings. The van der Waals surface area contributed by atoms with Gasteiger partial charge < -0.3 is 25.4 Å². The van der Waals surface area contributed by atoms with E-state index in [1.165, 1.54) is 0 Å². The molecule has 0 saturated heterocycles. The van der Waals surface area contributed by atoms with E-state index in [4.69, 9.17) is 4.74 Å². The number of carbonyl (C=O) groups is 3. The lowest BCUT2D eigenvalue weighted by atomic mass is 9.98. The fourth-order valence-corrected chi connectivity index (χ4v) is 4.36. The summed E-state index contributed by atoms with van der Waals surface area (Å²) in [6.07, 6.45) is -1.44. The number of aliphatic carboxylic acids is 1. The Bertz CT molecular complexity index is 1210. The molecule has 1 aliphatic carbocycles. The Morgan fingerprint density at radius 1 is 0.914 bits per heavy atom. The van der Waals surface area contributed by atoms with Gasteiger partial charge in [0.05, 0.1) is 17.8 Å². The number of carboxylic acids is 1. The van der Waals surface area contributed by atoms with E-state index in [2.05, 4.69) is 10.6 Å². The van der Waals surface area contributed by atoms with Crippen LogP contribution in [0.2, 0.25) is 0 Å². The number of carbonyl (C=O) groups excluding carboxylic acids is 2. The normalized spacial score (nSPS) is 12.7. The number of para-hydroxylation sites is 2. The Labute approximate surface area is 203 Å². The number of anilines is 2.